The van der Waals surface area contributed by atoms with Crippen molar-refractivity contribution in [2.24, 2.45) is 0 Å². The summed E-state index contributed by atoms with van der Waals surface area (Å²) in [5, 5.41) is 0. The maximum atomic E-state index is 4.37. The number of hydrogen-bond acceptors (Lipinski definition) is 4. The van der Waals surface area contributed by atoms with E-state index in [1.54, 1.807) is 0 Å². The molecule has 0 fully saturated rings. The van der Waals surface area contributed by atoms with Gasteiger partial charge in [-0.05, 0) is 13.8 Å². The van der Waals surface area contributed by atoms with Crippen LogP contribution in [0.2, 0.25) is 0 Å². The van der Waals surface area contributed by atoms with Gasteiger partial charge in [-0.15, -0.1) is 22.7 Å². The Labute approximate surface area is 91.4 Å². The van der Waals surface area contributed by atoms with E-state index in [0.717, 1.165) is 0 Å². The Morgan fingerprint density at radius 1 is 1.00 bits per heavy atom. The second-order valence-electron chi connectivity index (χ2n) is 2.91. The van der Waals surface area contributed by atoms with E-state index >= 15 is 0 Å². The summed E-state index contributed by atoms with van der Waals surface area (Å²) in [6.45, 7) is 4.20. The Kier molecular flexibility index (Phi) is 2.80. The molecule has 2 heterocycles. The largest absolute Gasteiger partial charge is 0.416 e. The molecule has 0 saturated carbocycles. The van der Waals surface area contributed by atoms with E-state index in [-0.39, 0.29) is 15.2 Å². The molecule has 2 rings (SSSR count). The lowest BCUT2D eigenvalue weighted by Gasteiger charge is -1.85. The summed E-state index contributed by atoms with van der Waals surface area (Å²) in [5.74, 6) is 0. The minimum Gasteiger partial charge on any atom is -0.268 e. The van der Waals surface area contributed by atoms with Crippen molar-refractivity contribution in [2.75, 3.05) is 0 Å². The average Bonchev–Trinajstić information content (AvgIpc) is 2.62. The monoisotopic (exact) mass is 224 g/mol. The lowest BCUT2D eigenvalue weighted by molar-refractivity contribution is 1.41. The summed E-state index contributed by atoms with van der Waals surface area (Å²) in [4.78, 5) is 11.3. The van der Waals surface area contributed by atoms with Crippen molar-refractivity contribution in [3.05, 3.63) is 22.1 Å². The Morgan fingerprint density at radius 3 is 1.77 bits per heavy atom. The number of nitrogens with zero attached hydrogens (tertiary/aromatic N) is 2. The minimum absolute atomic E-state index is 0.378. The first-order chi connectivity index (χ1) is 6.24. The van der Waals surface area contributed by atoms with Gasteiger partial charge in [0, 0.05) is 29.9 Å². The predicted molar refractivity (Wildman–Crippen MR) is 60.1 cm³/mol. The number of hydrogen-bond donors (Lipinski definition) is 0. The quantitative estimate of drug-likeness (QED) is 0.698. The number of aryl methyl sites for hydroxylation is 2. The van der Waals surface area contributed by atoms with Crippen LogP contribution < -0.4 is 7.74 Å². The van der Waals surface area contributed by atoms with E-state index in [2.05, 4.69) is 23.8 Å². The molecule has 0 radical (unpaired) electrons. The second-order valence-corrected chi connectivity index (χ2v) is 8.26. The number of aromatic nitrogens is 2. The maximum Gasteiger partial charge on any atom is 0.416 e. The Balaban J connectivity index is 2.14. The van der Waals surface area contributed by atoms with E-state index in [0.29, 0.717) is 0 Å². The van der Waals surface area contributed by atoms with Gasteiger partial charge in [-0.1, -0.05) is 0 Å². The molecule has 0 amide bonds. The molecule has 2 aromatic rings. The van der Waals surface area contributed by atoms with Gasteiger partial charge in [0.15, 0.2) is 0 Å². The summed E-state index contributed by atoms with van der Waals surface area (Å²) in [7, 11) is 0. The highest BCUT2D eigenvalue weighted by Gasteiger charge is 2.08. The van der Waals surface area contributed by atoms with E-state index in [1.807, 2.05) is 35.1 Å². The lowest BCUT2D eigenvalue weighted by atomic mass is 10.7. The normalized spacial score (nSPS) is 10.3. The zero-order valence-electron chi connectivity index (χ0n) is 7.57. The summed E-state index contributed by atoms with van der Waals surface area (Å²) < 4.78 is 2.60. The molecule has 0 aromatic carbocycles. The third kappa shape index (κ3) is 2.38. The van der Waals surface area contributed by atoms with Crippen LogP contribution in [-0.4, -0.2) is 25.2 Å². The molecule has 0 atom stereocenters. The molecule has 0 bridgehead atoms. The Morgan fingerprint density at radius 2 is 1.46 bits per heavy atom. The minimum atomic E-state index is -0.378. The molecule has 2 nitrogen and oxygen atoms in total. The third-order valence-corrected chi connectivity index (χ3v) is 5.88. The van der Waals surface area contributed by atoms with Gasteiger partial charge < -0.3 is 0 Å². The Hall–Kier alpha value is -0.208. The fourth-order valence-electron chi connectivity index (χ4n) is 1.10. The average molecular weight is 224 g/mol. The van der Waals surface area contributed by atoms with Crippen molar-refractivity contribution in [2.45, 2.75) is 13.8 Å². The van der Waals surface area contributed by atoms with Gasteiger partial charge in [-0.25, -0.2) is 0 Å². The van der Waals surface area contributed by atoms with Crippen LogP contribution in [-0.2, 0) is 0 Å². The van der Waals surface area contributed by atoms with Crippen LogP contribution >= 0.6 is 22.7 Å². The summed E-state index contributed by atoms with van der Waals surface area (Å²) in [6.07, 6.45) is 3.90. The molecular weight excluding hydrogens is 215 g/mol. The van der Waals surface area contributed by atoms with Gasteiger partial charge in [0.2, 0.25) is 0 Å². The molecule has 0 aliphatic heterocycles. The predicted octanol–water partition coefficient (Wildman–Crippen LogP) is 0.604. The number of thiazole rings is 2. The van der Waals surface area contributed by atoms with E-state index in [9.17, 15) is 0 Å². The number of rotatable bonds is 2. The van der Waals surface area contributed by atoms with E-state index in [1.165, 1.54) is 17.5 Å². The van der Waals surface area contributed by atoms with Gasteiger partial charge in [0.25, 0.3) is 0 Å². The van der Waals surface area contributed by atoms with Crippen molar-refractivity contribution in [3.63, 3.8) is 0 Å². The zero-order valence-corrected chi connectivity index (χ0v) is 10.6. The molecule has 5 heteroatoms. The van der Waals surface area contributed by atoms with E-state index < -0.39 is 0 Å². The molecule has 0 aliphatic rings. The first kappa shape index (κ1) is 9.35. The van der Waals surface area contributed by atoms with Crippen molar-refractivity contribution >= 4 is 45.6 Å². The van der Waals surface area contributed by atoms with E-state index in [4.69, 9.17) is 0 Å². The summed E-state index contributed by atoms with van der Waals surface area (Å²) in [6, 6.07) is 0. The standard InChI is InChI=1S/2C4H4NS.Al.H/c2*1-4-2-5-3-6-4;;/h2*2H,1H3;;. The van der Waals surface area contributed by atoms with Crippen LogP contribution in [0.4, 0.5) is 0 Å². The van der Waals surface area contributed by atoms with Crippen molar-refractivity contribution < 1.29 is 0 Å². The van der Waals surface area contributed by atoms with Crippen LogP contribution in [0.15, 0.2) is 12.4 Å². The highest BCUT2D eigenvalue weighted by molar-refractivity contribution is 7.27. The first-order valence-electron chi connectivity index (χ1n) is 4.06. The maximum absolute atomic E-state index is 4.37. The molecule has 0 unspecified atom stereocenters. The van der Waals surface area contributed by atoms with Crippen molar-refractivity contribution in [3.8, 4) is 0 Å². The molecule has 2 aromatic heterocycles. The molecule has 0 aliphatic carbocycles. The van der Waals surface area contributed by atoms with Crippen LogP contribution in [0.25, 0.3) is 0 Å². The van der Waals surface area contributed by atoms with Crippen molar-refractivity contribution in [1.82, 2.24) is 9.97 Å². The molecule has 13 heavy (non-hydrogen) atoms. The highest BCUT2D eigenvalue weighted by atomic mass is 32.1. The Bertz CT molecular complexity index is 369. The second kappa shape index (κ2) is 3.89. The summed E-state index contributed by atoms with van der Waals surface area (Å²) in [5.41, 5.74) is 0. The van der Waals surface area contributed by atoms with Gasteiger partial charge in [0.05, 0.1) is 0 Å². The first-order valence-corrected chi connectivity index (χ1v) is 7.11. The van der Waals surface area contributed by atoms with Crippen LogP contribution in [0.3, 0.4) is 0 Å². The van der Waals surface area contributed by atoms with Gasteiger partial charge in [-0.3, -0.25) is 9.97 Å². The third-order valence-electron chi connectivity index (χ3n) is 1.64. The highest BCUT2D eigenvalue weighted by Crippen LogP contribution is 2.02. The molecule has 0 N–H and O–H groups in total. The molecule has 0 saturated heterocycles. The fourth-order valence-corrected chi connectivity index (χ4v) is 5.92. The molecule has 0 spiro atoms. The van der Waals surface area contributed by atoms with Gasteiger partial charge in [0.1, 0.15) is 0 Å². The smallest absolute Gasteiger partial charge is 0.268 e. The molecular formula is C8H9AlN2S2. The van der Waals surface area contributed by atoms with Crippen molar-refractivity contribution in [1.29, 1.82) is 0 Å². The molecule has 66 valence electrons. The SMILES string of the molecule is Cc1cn[c]([AlH][c]2ncc(C)s2)s1. The fraction of sp³-hybridized carbons (Fsp3) is 0.250. The zero-order chi connectivity index (χ0) is 9.26. The topological polar surface area (TPSA) is 25.8 Å². The van der Waals surface area contributed by atoms with Crippen LogP contribution in [0, 0.1) is 13.8 Å². The summed E-state index contributed by atoms with van der Waals surface area (Å²) >= 11 is 3.24. The van der Waals surface area contributed by atoms with Gasteiger partial charge in [-0.2, -0.15) is 0 Å². The van der Waals surface area contributed by atoms with Crippen LogP contribution in [0.5, 0.6) is 0 Å². The lowest BCUT2D eigenvalue weighted by Crippen LogP contribution is -2.25. The van der Waals surface area contributed by atoms with Crippen LogP contribution in [0.1, 0.15) is 9.75 Å². The van der Waals surface area contributed by atoms with Gasteiger partial charge >= 0.3 is 15.2 Å².